The van der Waals surface area contributed by atoms with Gasteiger partial charge in [-0.1, -0.05) is 48.5 Å². The highest BCUT2D eigenvalue weighted by Gasteiger charge is 2.22. The van der Waals surface area contributed by atoms with Gasteiger partial charge in [0.15, 0.2) is 17.6 Å². The third-order valence-corrected chi connectivity index (χ3v) is 5.72. The maximum Gasteiger partial charge on any atom is 0.162 e. The fourth-order valence-corrected chi connectivity index (χ4v) is 4.12. The molecule has 5 heteroatoms. The summed E-state index contributed by atoms with van der Waals surface area (Å²) in [5, 5.41) is 7.00. The predicted octanol–water partition coefficient (Wildman–Crippen LogP) is 4.18. The molecule has 3 aromatic carbocycles. The molecule has 5 rings (SSSR count). The van der Waals surface area contributed by atoms with Crippen LogP contribution in [0.3, 0.4) is 0 Å². The first-order valence-corrected chi connectivity index (χ1v) is 10.5. The second-order valence-electron chi connectivity index (χ2n) is 7.71. The number of hydrogen-bond donors (Lipinski definition) is 1. The summed E-state index contributed by atoms with van der Waals surface area (Å²) in [7, 11) is 1.00. The number of aldehydes is 1. The Morgan fingerprint density at radius 3 is 2.55 bits per heavy atom. The van der Waals surface area contributed by atoms with E-state index in [1.807, 2.05) is 36.4 Å². The van der Waals surface area contributed by atoms with Gasteiger partial charge >= 0.3 is 0 Å². The standard InChI is InChI=1S/C25H23NO3.CH4O/c27-16-19-7-8-20-11-12-26(15-22(20)13-19)14-18-5-9-21(10-6-18)25-17-28-23-3-1-2-4-24(23)29-25;1-2/h1-10,13,16,25H,11-12,14-15,17H2;2H,1H3. The normalized spacial score (nSPS) is 17.2. The number of rotatable bonds is 4. The van der Waals surface area contributed by atoms with Crippen molar-refractivity contribution in [2.24, 2.45) is 0 Å². The van der Waals surface area contributed by atoms with E-state index in [4.69, 9.17) is 14.6 Å². The van der Waals surface area contributed by atoms with E-state index in [1.165, 1.54) is 16.7 Å². The van der Waals surface area contributed by atoms with Crippen molar-refractivity contribution in [2.45, 2.75) is 25.6 Å². The minimum atomic E-state index is -0.0809. The minimum Gasteiger partial charge on any atom is -0.485 e. The van der Waals surface area contributed by atoms with E-state index in [1.54, 1.807) is 0 Å². The number of aliphatic hydroxyl groups excluding tert-OH is 1. The fourth-order valence-electron chi connectivity index (χ4n) is 4.12. The van der Waals surface area contributed by atoms with E-state index in [-0.39, 0.29) is 6.10 Å². The van der Waals surface area contributed by atoms with E-state index in [9.17, 15) is 4.79 Å². The molecule has 0 radical (unpaired) electrons. The maximum absolute atomic E-state index is 11.1. The largest absolute Gasteiger partial charge is 0.485 e. The van der Waals surface area contributed by atoms with Crippen molar-refractivity contribution in [3.05, 3.63) is 94.5 Å². The fraction of sp³-hybridized carbons (Fsp3) is 0.269. The van der Waals surface area contributed by atoms with Gasteiger partial charge in [0, 0.05) is 32.3 Å². The molecule has 0 bridgehead atoms. The van der Waals surface area contributed by atoms with Crippen LogP contribution in [0.2, 0.25) is 0 Å². The van der Waals surface area contributed by atoms with Crippen LogP contribution in [0.4, 0.5) is 0 Å². The molecular weight excluding hydrogens is 390 g/mol. The zero-order valence-electron chi connectivity index (χ0n) is 17.7. The van der Waals surface area contributed by atoms with E-state index in [0.717, 1.165) is 62.1 Å². The van der Waals surface area contributed by atoms with E-state index in [0.29, 0.717) is 6.61 Å². The van der Waals surface area contributed by atoms with Gasteiger partial charge in [-0.05, 0) is 46.9 Å². The van der Waals surface area contributed by atoms with Gasteiger partial charge in [-0.15, -0.1) is 0 Å². The Balaban J connectivity index is 0.00000112. The smallest absolute Gasteiger partial charge is 0.162 e. The lowest BCUT2D eigenvalue weighted by Crippen LogP contribution is -2.30. The molecule has 1 atom stereocenters. The summed E-state index contributed by atoms with van der Waals surface area (Å²) < 4.78 is 11.9. The minimum absolute atomic E-state index is 0.0809. The molecule has 0 saturated carbocycles. The molecule has 0 amide bonds. The summed E-state index contributed by atoms with van der Waals surface area (Å²) >= 11 is 0. The van der Waals surface area contributed by atoms with E-state index >= 15 is 0 Å². The summed E-state index contributed by atoms with van der Waals surface area (Å²) in [4.78, 5) is 13.5. The summed E-state index contributed by atoms with van der Waals surface area (Å²) in [6.07, 6.45) is 1.87. The van der Waals surface area contributed by atoms with Crippen LogP contribution in [0.1, 0.15) is 38.7 Å². The van der Waals surface area contributed by atoms with Crippen molar-refractivity contribution in [3.8, 4) is 11.5 Å². The first-order chi connectivity index (χ1) is 15.3. The molecule has 3 aromatic rings. The highest BCUT2D eigenvalue weighted by molar-refractivity contribution is 5.75. The van der Waals surface area contributed by atoms with E-state index < -0.39 is 0 Å². The van der Waals surface area contributed by atoms with Crippen molar-refractivity contribution in [1.82, 2.24) is 4.90 Å². The van der Waals surface area contributed by atoms with Crippen LogP contribution in [-0.4, -0.2) is 36.6 Å². The van der Waals surface area contributed by atoms with Gasteiger partial charge in [0.2, 0.25) is 0 Å². The third kappa shape index (κ3) is 4.79. The summed E-state index contributed by atoms with van der Waals surface area (Å²) in [6.45, 7) is 3.34. The molecule has 1 N–H and O–H groups in total. The molecule has 0 aromatic heterocycles. The van der Waals surface area contributed by atoms with Gasteiger partial charge in [-0.3, -0.25) is 9.69 Å². The van der Waals surface area contributed by atoms with Gasteiger partial charge in [0.05, 0.1) is 0 Å². The highest BCUT2D eigenvalue weighted by Crippen LogP contribution is 2.36. The zero-order chi connectivity index (χ0) is 21.6. The lowest BCUT2D eigenvalue weighted by atomic mass is 9.97. The summed E-state index contributed by atoms with van der Waals surface area (Å²) in [6, 6.07) is 22.5. The molecule has 0 saturated heterocycles. The molecule has 2 heterocycles. The molecule has 0 aliphatic carbocycles. The van der Waals surface area contributed by atoms with Crippen LogP contribution < -0.4 is 9.47 Å². The highest BCUT2D eigenvalue weighted by atomic mass is 16.6. The summed E-state index contributed by atoms with van der Waals surface area (Å²) in [5.74, 6) is 1.61. The Labute approximate surface area is 182 Å². The molecule has 0 spiro atoms. The van der Waals surface area contributed by atoms with Crippen LogP contribution in [0.15, 0.2) is 66.7 Å². The molecule has 160 valence electrons. The lowest BCUT2D eigenvalue weighted by molar-refractivity contribution is 0.0913. The Morgan fingerprint density at radius 2 is 1.77 bits per heavy atom. The Morgan fingerprint density at radius 1 is 1.00 bits per heavy atom. The topological polar surface area (TPSA) is 59.0 Å². The number of carbonyl (C=O) groups is 1. The summed E-state index contributed by atoms with van der Waals surface area (Å²) in [5.41, 5.74) is 5.79. The van der Waals surface area contributed by atoms with Crippen molar-refractivity contribution < 1.29 is 19.4 Å². The van der Waals surface area contributed by atoms with Crippen molar-refractivity contribution in [3.63, 3.8) is 0 Å². The van der Waals surface area contributed by atoms with Crippen molar-refractivity contribution in [1.29, 1.82) is 0 Å². The van der Waals surface area contributed by atoms with Crippen LogP contribution >= 0.6 is 0 Å². The van der Waals surface area contributed by atoms with Gasteiger partial charge in [-0.25, -0.2) is 0 Å². The first-order valence-electron chi connectivity index (χ1n) is 10.5. The number of aliphatic hydroxyl groups is 1. The number of carbonyl (C=O) groups excluding carboxylic acids is 1. The van der Waals surface area contributed by atoms with Crippen molar-refractivity contribution in [2.75, 3.05) is 20.3 Å². The first kappa shape index (κ1) is 21.1. The number of nitrogens with zero attached hydrogens (tertiary/aromatic N) is 1. The molecule has 5 nitrogen and oxygen atoms in total. The number of benzene rings is 3. The average Bonchev–Trinajstić information content (AvgIpc) is 2.85. The van der Waals surface area contributed by atoms with Gasteiger partial charge in [-0.2, -0.15) is 0 Å². The SMILES string of the molecule is CO.O=Cc1ccc2c(c1)CN(Cc1ccc(C3COc4ccccc4O3)cc1)CC2. The molecule has 2 aliphatic heterocycles. The molecular formula is C26H27NO4. The average molecular weight is 418 g/mol. The quantitative estimate of drug-likeness (QED) is 0.646. The van der Waals surface area contributed by atoms with Crippen LogP contribution in [0.25, 0.3) is 0 Å². The van der Waals surface area contributed by atoms with Crippen LogP contribution in [0, 0.1) is 0 Å². The van der Waals surface area contributed by atoms with E-state index in [2.05, 4.69) is 35.2 Å². The molecule has 0 fully saturated rings. The van der Waals surface area contributed by atoms with Gasteiger partial charge in [0.25, 0.3) is 0 Å². The Bertz CT molecular complexity index is 1030. The second-order valence-corrected chi connectivity index (χ2v) is 7.71. The van der Waals surface area contributed by atoms with Gasteiger partial charge < -0.3 is 14.6 Å². The number of para-hydroxylation sites is 2. The van der Waals surface area contributed by atoms with Crippen LogP contribution in [0.5, 0.6) is 11.5 Å². The molecule has 1 unspecified atom stereocenters. The molecule has 2 aliphatic rings. The number of ether oxygens (including phenoxy) is 2. The number of hydrogen-bond acceptors (Lipinski definition) is 5. The lowest BCUT2D eigenvalue weighted by Gasteiger charge is -2.29. The Hall–Kier alpha value is -3.15. The number of fused-ring (bicyclic) bond motifs is 2. The third-order valence-electron chi connectivity index (χ3n) is 5.72. The predicted molar refractivity (Wildman–Crippen MR) is 120 cm³/mol. The Kier molecular flexibility index (Phi) is 6.65. The second kappa shape index (κ2) is 9.77. The van der Waals surface area contributed by atoms with Gasteiger partial charge in [0.1, 0.15) is 12.9 Å². The molecule has 31 heavy (non-hydrogen) atoms. The maximum atomic E-state index is 11.1. The monoisotopic (exact) mass is 417 g/mol. The van der Waals surface area contributed by atoms with Crippen molar-refractivity contribution >= 4 is 6.29 Å². The van der Waals surface area contributed by atoms with Crippen LogP contribution in [-0.2, 0) is 19.5 Å². The zero-order valence-corrected chi connectivity index (χ0v) is 17.7.